The first kappa shape index (κ1) is 19.2. The van der Waals surface area contributed by atoms with E-state index in [1.54, 1.807) is 0 Å². The Hall–Kier alpha value is -3.12. The van der Waals surface area contributed by atoms with Gasteiger partial charge in [0.15, 0.2) is 0 Å². The highest BCUT2D eigenvalue weighted by Gasteiger charge is 2.29. The summed E-state index contributed by atoms with van der Waals surface area (Å²) in [6, 6.07) is 4.82. The molecule has 0 atom stereocenters. The Morgan fingerprint density at radius 1 is 1.35 bits per heavy atom. The molecule has 1 heterocycles. The number of rotatable bonds is 5. The summed E-state index contributed by atoms with van der Waals surface area (Å²) in [7, 11) is -2.81. The van der Waals surface area contributed by atoms with Crippen LogP contribution >= 0.6 is 0 Å². The van der Waals surface area contributed by atoms with Gasteiger partial charge in [-0.25, -0.2) is 4.39 Å². The Labute approximate surface area is 147 Å². The number of halogens is 1. The molecule has 0 unspecified atom stereocenters. The fraction of sp³-hybridized carbons (Fsp3) is 0.143. The van der Waals surface area contributed by atoms with E-state index in [9.17, 15) is 17.6 Å². The van der Waals surface area contributed by atoms with Gasteiger partial charge in [0.05, 0.1) is 24.6 Å². The maximum absolute atomic E-state index is 13.5. The lowest BCUT2D eigenvalue weighted by Gasteiger charge is -2.16. The summed E-state index contributed by atoms with van der Waals surface area (Å²) in [4.78, 5) is 12.4. The first-order valence-corrected chi connectivity index (χ1v) is 8.66. The third-order valence-electron chi connectivity index (χ3n) is 3.00. The Kier molecular flexibility index (Phi) is 5.18. The maximum atomic E-state index is 13.5. The van der Waals surface area contributed by atoms with Crippen molar-refractivity contribution in [2.24, 2.45) is 5.73 Å². The standard InChI is InChI=1S/C14H15FN4O6S/c1-23-10-4-3-7(15)5-8(10)11-6-9(16)12(24-11)13(20)19(14(17)18)25-26(2,21)22/h3-6H,16H2,1-2H3,(H3,17,18). The van der Waals surface area contributed by atoms with Crippen LogP contribution in [0.25, 0.3) is 11.3 Å². The van der Waals surface area contributed by atoms with E-state index in [2.05, 4.69) is 4.28 Å². The Bertz CT molecular complexity index is 972. The number of carbonyl (C=O) groups is 1. The molecule has 0 aliphatic rings. The van der Waals surface area contributed by atoms with Gasteiger partial charge in [0.25, 0.3) is 10.1 Å². The van der Waals surface area contributed by atoms with Gasteiger partial charge in [-0.15, -0.1) is 9.35 Å². The second-order valence-electron chi connectivity index (χ2n) is 5.00. The number of methoxy groups -OCH3 is 1. The predicted molar refractivity (Wildman–Crippen MR) is 89.1 cm³/mol. The number of furan rings is 1. The molecule has 1 aromatic carbocycles. The Morgan fingerprint density at radius 3 is 2.54 bits per heavy atom. The summed E-state index contributed by atoms with van der Waals surface area (Å²) in [5.74, 6) is -3.16. The summed E-state index contributed by atoms with van der Waals surface area (Å²) in [6.45, 7) is 0. The summed E-state index contributed by atoms with van der Waals surface area (Å²) < 4.78 is 50.7. The van der Waals surface area contributed by atoms with E-state index in [1.165, 1.54) is 19.2 Å². The van der Waals surface area contributed by atoms with Crippen LogP contribution in [-0.2, 0) is 14.4 Å². The van der Waals surface area contributed by atoms with Crippen molar-refractivity contribution in [3.63, 3.8) is 0 Å². The van der Waals surface area contributed by atoms with E-state index < -0.39 is 33.6 Å². The second kappa shape index (κ2) is 7.01. The lowest BCUT2D eigenvalue weighted by Crippen LogP contribution is -2.42. The predicted octanol–water partition coefficient (Wildman–Crippen LogP) is 0.903. The number of nitrogen functional groups attached to an aromatic ring is 1. The van der Waals surface area contributed by atoms with Crippen molar-refractivity contribution < 1.29 is 31.0 Å². The molecular weight excluding hydrogens is 371 g/mol. The van der Waals surface area contributed by atoms with E-state index >= 15 is 0 Å². The third-order valence-corrected chi connectivity index (χ3v) is 3.42. The van der Waals surface area contributed by atoms with Gasteiger partial charge >= 0.3 is 5.91 Å². The van der Waals surface area contributed by atoms with E-state index in [0.29, 0.717) is 6.26 Å². The number of hydrogen-bond donors (Lipinski definition) is 3. The van der Waals surface area contributed by atoms with Crippen LogP contribution in [0.5, 0.6) is 5.75 Å². The van der Waals surface area contributed by atoms with Gasteiger partial charge in [0.1, 0.15) is 17.3 Å². The van der Waals surface area contributed by atoms with E-state index in [4.69, 9.17) is 26.0 Å². The lowest BCUT2D eigenvalue weighted by molar-refractivity contribution is 0.0174. The molecule has 1 amide bonds. The van der Waals surface area contributed by atoms with Crippen LogP contribution in [-0.4, -0.2) is 38.7 Å². The molecule has 0 aliphatic heterocycles. The quantitative estimate of drug-likeness (QED) is 0.388. The zero-order valence-corrected chi connectivity index (χ0v) is 14.5. The largest absolute Gasteiger partial charge is 0.496 e. The molecule has 2 aromatic rings. The molecular formula is C14H15FN4O6S. The Morgan fingerprint density at radius 2 is 2.00 bits per heavy atom. The van der Waals surface area contributed by atoms with Crippen LogP contribution < -0.4 is 16.2 Å². The van der Waals surface area contributed by atoms with Gasteiger partial charge in [0.2, 0.25) is 11.7 Å². The van der Waals surface area contributed by atoms with Gasteiger partial charge in [-0.3, -0.25) is 10.2 Å². The van der Waals surface area contributed by atoms with Crippen LogP contribution in [0.2, 0.25) is 0 Å². The van der Waals surface area contributed by atoms with Crippen molar-refractivity contribution in [1.82, 2.24) is 5.06 Å². The monoisotopic (exact) mass is 386 g/mol. The van der Waals surface area contributed by atoms with Crippen molar-refractivity contribution in [1.29, 1.82) is 5.41 Å². The number of guanidine groups is 1. The maximum Gasteiger partial charge on any atom is 0.323 e. The number of hydrogen-bond acceptors (Lipinski definition) is 8. The van der Waals surface area contributed by atoms with Crippen LogP contribution in [0.1, 0.15) is 10.6 Å². The average molecular weight is 386 g/mol. The van der Waals surface area contributed by atoms with Gasteiger partial charge in [-0.05, 0) is 18.2 Å². The molecule has 0 spiro atoms. The summed E-state index contributed by atoms with van der Waals surface area (Å²) in [5, 5.41) is 7.28. The molecule has 0 fully saturated rings. The molecule has 0 bridgehead atoms. The number of anilines is 1. The van der Waals surface area contributed by atoms with E-state index in [-0.39, 0.29) is 27.8 Å². The van der Waals surface area contributed by atoms with Crippen LogP contribution in [0.15, 0.2) is 28.7 Å². The SMILES string of the molecule is COc1ccc(F)cc1-c1cc(N)c(C(=O)N(OS(C)(=O)=O)C(=N)N)o1. The minimum atomic E-state index is -4.16. The summed E-state index contributed by atoms with van der Waals surface area (Å²) in [6.07, 6.45) is 0.657. The number of nitrogens with one attached hydrogen (secondary N) is 1. The normalized spacial score (nSPS) is 11.2. The number of ether oxygens (including phenoxy) is 1. The Balaban J connectivity index is 2.49. The molecule has 26 heavy (non-hydrogen) atoms. The first-order chi connectivity index (χ1) is 12.0. The van der Waals surface area contributed by atoms with Gasteiger partial charge in [-0.1, -0.05) is 0 Å². The van der Waals surface area contributed by atoms with Crippen LogP contribution in [0.3, 0.4) is 0 Å². The first-order valence-electron chi connectivity index (χ1n) is 6.84. The van der Waals surface area contributed by atoms with Gasteiger partial charge < -0.3 is 20.6 Å². The molecule has 10 nitrogen and oxygen atoms in total. The topological polar surface area (TPSA) is 162 Å². The fourth-order valence-electron chi connectivity index (χ4n) is 1.99. The minimum absolute atomic E-state index is 0.00286. The molecule has 0 saturated carbocycles. The minimum Gasteiger partial charge on any atom is -0.496 e. The molecule has 0 radical (unpaired) electrons. The summed E-state index contributed by atoms with van der Waals surface area (Å²) >= 11 is 0. The molecule has 140 valence electrons. The van der Waals surface area contributed by atoms with Crippen molar-refractivity contribution in [2.45, 2.75) is 0 Å². The zero-order chi connectivity index (χ0) is 19.6. The smallest absolute Gasteiger partial charge is 0.323 e. The third kappa shape index (κ3) is 4.10. The zero-order valence-electron chi connectivity index (χ0n) is 13.6. The number of amides is 1. The number of carbonyl (C=O) groups excluding carboxylic acids is 1. The molecule has 5 N–H and O–H groups in total. The van der Waals surface area contributed by atoms with E-state index in [0.717, 1.165) is 12.1 Å². The molecule has 2 rings (SSSR count). The highest BCUT2D eigenvalue weighted by Crippen LogP contribution is 2.35. The van der Waals surface area contributed by atoms with Crippen molar-refractivity contribution >= 4 is 27.7 Å². The second-order valence-corrected chi connectivity index (χ2v) is 6.56. The van der Waals surface area contributed by atoms with Gasteiger partial charge in [-0.2, -0.15) is 8.42 Å². The van der Waals surface area contributed by atoms with Gasteiger partial charge in [0, 0.05) is 6.07 Å². The molecule has 12 heteroatoms. The van der Waals surface area contributed by atoms with E-state index in [1.807, 2.05) is 0 Å². The number of nitrogens with zero attached hydrogens (tertiary/aromatic N) is 1. The van der Waals surface area contributed by atoms with Crippen LogP contribution in [0.4, 0.5) is 10.1 Å². The molecule has 0 aliphatic carbocycles. The number of benzene rings is 1. The summed E-state index contributed by atoms with van der Waals surface area (Å²) in [5.41, 5.74) is 10.8. The van der Waals surface area contributed by atoms with Crippen LogP contribution in [0, 0.1) is 11.2 Å². The number of nitrogens with two attached hydrogens (primary N) is 2. The highest BCUT2D eigenvalue weighted by atomic mass is 32.2. The van der Waals surface area contributed by atoms with Crippen molar-refractivity contribution in [3.05, 3.63) is 35.8 Å². The molecule has 0 saturated heterocycles. The van der Waals surface area contributed by atoms with Crippen molar-refractivity contribution in [3.8, 4) is 17.1 Å². The van der Waals surface area contributed by atoms with Crippen molar-refractivity contribution in [2.75, 3.05) is 19.1 Å². The lowest BCUT2D eigenvalue weighted by atomic mass is 10.1. The fourth-order valence-corrected chi connectivity index (χ4v) is 2.41. The molecule has 1 aromatic heterocycles. The number of hydroxylamine groups is 2. The highest BCUT2D eigenvalue weighted by molar-refractivity contribution is 7.85. The average Bonchev–Trinajstić information content (AvgIpc) is 2.92.